The molecule has 0 aliphatic rings. The number of alkyl halides is 2. The Morgan fingerprint density at radius 3 is 2.73 bits per heavy atom. The van der Waals surface area contributed by atoms with Gasteiger partial charge < -0.3 is 5.73 Å². The average Bonchev–Trinajstić information content (AvgIpc) is 2.20. The zero-order chi connectivity index (χ0) is 11.4. The van der Waals surface area contributed by atoms with E-state index in [0.29, 0.717) is 14.7 Å². The molecule has 0 fully saturated rings. The lowest BCUT2D eigenvalue weighted by atomic mass is 10.1. The first-order valence-electron chi connectivity index (χ1n) is 4.13. The van der Waals surface area contributed by atoms with Crippen molar-refractivity contribution in [3.8, 4) is 6.07 Å². The lowest BCUT2D eigenvalue weighted by Crippen LogP contribution is -2.09. The molecule has 1 rings (SSSR count). The van der Waals surface area contributed by atoms with E-state index in [4.69, 9.17) is 11.0 Å². The fourth-order valence-electron chi connectivity index (χ4n) is 1.18. The van der Waals surface area contributed by atoms with Crippen LogP contribution in [-0.2, 0) is 13.0 Å². The molecule has 0 amide bonds. The monoisotopic (exact) mass is 323 g/mol. The summed E-state index contributed by atoms with van der Waals surface area (Å²) < 4.78 is 25.7. The van der Waals surface area contributed by atoms with Gasteiger partial charge in [-0.15, -0.1) is 0 Å². The normalized spacial score (nSPS) is 10.4. The molecule has 0 radical (unpaired) electrons. The van der Waals surface area contributed by atoms with Crippen molar-refractivity contribution in [3.63, 3.8) is 0 Å². The van der Waals surface area contributed by atoms with Gasteiger partial charge in [0.2, 0.25) is 0 Å². The zero-order valence-electron chi connectivity index (χ0n) is 7.67. The van der Waals surface area contributed by atoms with Crippen LogP contribution in [0.4, 0.5) is 8.78 Å². The summed E-state index contributed by atoms with van der Waals surface area (Å²) in [7, 11) is 0. The van der Waals surface area contributed by atoms with E-state index in [9.17, 15) is 8.78 Å². The molecular formula is C9H8F2IN3. The average molecular weight is 323 g/mol. The lowest BCUT2D eigenvalue weighted by molar-refractivity contribution is 0.144. The Morgan fingerprint density at radius 2 is 2.27 bits per heavy atom. The quantitative estimate of drug-likeness (QED) is 0.867. The molecule has 3 nitrogen and oxygen atoms in total. The van der Waals surface area contributed by atoms with Gasteiger partial charge in [0.05, 0.1) is 12.5 Å². The van der Waals surface area contributed by atoms with Crippen LogP contribution < -0.4 is 5.73 Å². The number of nitrogens with two attached hydrogens (primary N) is 1. The van der Waals surface area contributed by atoms with E-state index in [1.165, 1.54) is 6.20 Å². The highest BCUT2D eigenvalue weighted by Gasteiger charge is 2.18. The number of aromatic nitrogens is 1. The Bertz CT molecular complexity index is 401. The minimum absolute atomic E-state index is 0.00418. The van der Waals surface area contributed by atoms with Gasteiger partial charge >= 0.3 is 0 Å². The molecule has 0 spiro atoms. The fraction of sp³-hybridized carbons (Fsp3) is 0.333. The maximum absolute atomic E-state index is 12.5. The van der Waals surface area contributed by atoms with E-state index >= 15 is 0 Å². The first-order chi connectivity index (χ1) is 7.11. The Balaban J connectivity index is 3.27. The minimum atomic E-state index is -2.63. The number of pyridine rings is 1. The SMILES string of the molecule is N#CCc1cnc(C(F)F)c(CN)c1I. The van der Waals surface area contributed by atoms with Gasteiger partial charge in [-0.05, 0) is 28.2 Å². The van der Waals surface area contributed by atoms with Gasteiger partial charge in [0, 0.05) is 21.9 Å². The molecule has 6 heteroatoms. The van der Waals surface area contributed by atoms with Crippen LogP contribution in [0.5, 0.6) is 0 Å². The molecule has 1 aromatic heterocycles. The predicted molar refractivity (Wildman–Crippen MR) is 59.1 cm³/mol. The Morgan fingerprint density at radius 1 is 1.60 bits per heavy atom. The smallest absolute Gasteiger partial charge is 0.280 e. The number of hydrogen-bond donors (Lipinski definition) is 1. The Hall–Kier alpha value is -0.810. The summed E-state index contributed by atoms with van der Waals surface area (Å²) in [6.45, 7) is 0.00418. The second kappa shape index (κ2) is 5.32. The Kier molecular flexibility index (Phi) is 4.35. The second-order valence-corrected chi connectivity index (χ2v) is 3.88. The molecule has 0 bridgehead atoms. The summed E-state index contributed by atoms with van der Waals surface area (Å²) in [6.07, 6.45) is -1.17. The van der Waals surface area contributed by atoms with Crippen molar-refractivity contribution in [1.82, 2.24) is 4.98 Å². The summed E-state index contributed by atoms with van der Waals surface area (Å²) in [4.78, 5) is 3.64. The summed E-state index contributed by atoms with van der Waals surface area (Å²) in [5.41, 5.74) is 6.08. The van der Waals surface area contributed by atoms with Crippen LogP contribution in [0.3, 0.4) is 0 Å². The van der Waals surface area contributed by atoms with Crippen LogP contribution in [0, 0.1) is 14.9 Å². The highest BCUT2D eigenvalue weighted by molar-refractivity contribution is 14.1. The molecule has 0 aromatic carbocycles. The number of nitriles is 1. The van der Waals surface area contributed by atoms with E-state index in [1.807, 2.05) is 28.7 Å². The fourth-order valence-corrected chi connectivity index (χ4v) is 2.01. The van der Waals surface area contributed by atoms with Crippen LogP contribution in [0.25, 0.3) is 0 Å². The van der Waals surface area contributed by atoms with Gasteiger partial charge in [-0.1, -0.05) is 0 Å². The summed E-state index contributed by atoms with van der Waals surface area (Å²) >= 11 is 1.92. The van der Waals surface area contributed by atoms with Crippen LogP contribution in [0.15, 0.2) is 6.20 Å². The van der Waals surface area contributed by atoms with Gasteiger partial charge in [-0.3, -0.25) is 4.98 Å². The van der Waals surface area contributed by atoms with Crippen LogP contribution in [-0.4, -0.2) is 4.98 Å². The van der Waals surface area contributed by atoms with Gasteiger partial charge in [-0.2, -0.15) is 5.26 Å². The van der Waals surface area contributed by atoms with Gasteiger partial charge in [0.15, 0.2) is 0 Å². The predicted octanol–water partition coefficient (Wildman–Crippen LogP) is 2.15. The van der Waals surface area contributed by atoms with E-state index in [1.54, 1.807) is 0 Å². The molecule has 2 N–H and O–H groups in total. The first-order valence-corrected chi connectivity index (χ1v) is 5.21. The van der Waals surface area contributed by atoms with Gasteiger partial charge in [0.1, 0.15) is 5.69 Å². The molecule has 0 aliphatic carbocycles. The molecule has 0 aliphatic heterocycles. The molecule has 1 aromatic rings. The molecule has 0 saturated heterocycles. The minimum Gasteiger partial charge on any atom is -0.326 e. The summed E-state index contributed by atoms with van der Waals surface area (Å²) in [5, 5.41) is 8.53. The van der Waals surface area contributed by atoms with Crippen molar-refractivity contribution in [2.45, 2.75) is 19.4 Å². The molecule has 15 heavy (non-hydrogen) atoms. The van der Waals surface area contributed by atoms with Crippen molar-refractivity contribution in [3.05, 3.63) is 26.6 Å². The number of rotatable bonds is 3. The number of hydrogen-bond acceptors (Lipinski definition) is 3. The lowest BCUT2D eigenvalue weighted by Gasteiger charge is -2.10. The molecule has 0 saturated carbocycles. The summed E-state index contributed by atoms with van der Waals surface area (Å²) in [5.74, 6) is 0. The maximum atomic E-state index is 12.5. The largest absolute Gasteiger partial charge is 0.326 e. The highest BCUT2D eigenvalue weighted by atomic mass is 127. The standard InChI is InChI=1S/C9H8F2IN3/c10-9(11)8-6(3-14)7(12)5(1-2-13)4-15-8/h4,9H,1,3,14H2. The van der Waals surface area contributed by atoms with E-state index in [0.717, 1.165) is 0 Å². The van der Waals surface area contributed by atoms with Crippen molar-refractivity contribution in [1.29, 1.82) is 5.26 Å². The van der Waals surface area contributed by atoms with Crippen LogP contribution in [0.1, 0.15) is 23.2 Å². The van der Waals surface area contributed by atoms with Gasteiger partial charge in [-0.25, -0.2) is 8.78 Å². The van der Waals surface area contributed by atoms with Crippen LogP contribution in [0.2, 0.25) is 0 Å². The van der Waals surface area contributed by atoms with Crippen molar-refractivity contribution in [2.24, 2.45) is 5.73 Å². The van der Waals surface area contributed by atoms with Crippen molar-refractivity contribution >= 4 is 22.6 Å². The van der Waals surface area contributed by atoms with E-state index in [-0.39, 0.29) is 18.7 Å². The molecular weight excluding hydrogens is 315 g/mol. The Labute approximate surface area is 99.4 Å². The third-order valence-corrected chi connectivity index (χ3v) is 3.24. The zero-order valence-corrected chi connectivity index (χ0v) is 9.83. The van der Waals surface area contributed by atoms with Gasteiger partial charge in [0.25, 0.3) is 6.43 Å². The molecule has 0 unspecified atom stereocenters. The number of halogens is 3. The second-order valence-electron chi connectivity index (χ2n) is 2.80. The molecule has 80 valence electrons. The van der Waals surface area contributed by atoms with E-state index < -0.39 is 6.43 Å². The highest BCUT2D eigenvalue weighted by Crippen LogP contribution is 2.26. The first kappa shape index (κ1) is 12.3. The van der Waals surface area contributed by atoms with E-state index in [2.05, 4.69) is 4.98 Å². The molecule has 0 atom stereocenters. The maximum Gasteiger partial charge on any atom is 0.280 e. The third-order valence-electron chi connectivity index (χ3n) is 1.90. The van der Waals surface area contributed by atoms with Crippen molar-refractivity contribution in [2.75, 3.05) is 0 Å². The van der Waals surface area contributed by atoms with Crippen LogP contribution >= 0.6 is 22.6 Å². The molecule has 1 heterocycles. The third kappa shape index (κ3) is 2.60. The topological polar surface area (TPSA) is 62.7 Å². The number of nitrogens with zero attached hydrogens (tertiary/aromatic N) is 2. The summed E-state index contributed by atoms with van der Waals surface area (Å²) in [6, 6.07) is 1.95. The van der Waals surface area contributed by atoms with Crippen molar-refractivity contribution < 1.29 is 8.78 Å².